The number of halogens is 2. The molecule has 0 aromatic heterocycles. The fraction of sp³-hybridized carbons (Fsp3) is 0.417. The summed E-state index contributed by atoms with van der Waals surface area (Å²) < 4.78 is 0. The van der Waals surface area contributed by atoms with Crippen molar-refractivity contribution >= 4 is 35.0 Å². The third-order valence-corrected chi connectivity index (χ3v) is 5.72. The fourth-order valence-corrected chi connectivity index (χ4v) is 3.84. The van der Waals surface area contributed by atoms with Crippen molar-refractivity contribution in [3.8, 4) is 0 Å². The van der Waals surface area contributed by atoms with Gasteiger partial charge in [0.2, 0.25) is 11.8 Å². The largest absolute Gasteiger partial charge is 0.354 e. The Bertz CT molecular complexity index is 899. The summed E-state index contributed by atoms with van der Waals surface area (Å²) in [7, 11) is 0. The molecule has 0 radical (unpaired) electrons. The molecule has 0 saturated carbocycles. The maximum absolute atomic E-state index is 13.4. The third-order valence-electron chi connectivity index (χ3n) is 5.14. The van der Waals surface area contributed by atoms with E-state index < -0.39 is 6.04 Å². The molecule has 0 aliphatic rings. The highest BCUT2D eigenvalue weighted by Gasteiger charge is 2.29. The van der Waals surface area contributed by atoms with E-state index in [-0.39, 0.29) is 24.8 Å². The van der Waals surface area contributed by atoms with Gasteiger partial charge in [-0.1, -0.05) is 66.9 Å². The summed E-state index contributed by atoms with van der Waals surface area (Å²) >= 11 is 12.4. The minimum Gasteiger partial charge on any atom is -0.354 e. The number of carbonyl (C=O) groups is 2. The molecule has 30 heavy (non-hydrogen) atoms. The Morgan fingerprint density at radius 2 is 1.77 bits per heavy atom. The molecule has 0 spiro atoms. The van der Waals surface area contributed by atoms with Gasteiger partial charge in [0.05, 0.1) is 6.42 Å². The SMILES string of the molecule is CCCNC(=O)[C@@H](CC)N(Cc1ccc(Cl)cc1Cl)C(=O)Cc1cc(C)ccc1C. The van der Waals surface area contributed by atoms with Crippen molar-refractivity contribution in [2.75, 3.05) is 6.54 Å². The van der Waals surface area contributed by atoms with Crippen molar-refractivity contribution < 1.29 is 9.59 Å². The zero-order chi connectivity index (χ0) is 22.3. The second kappa shape index (κ2) is 11.4. The highest BCUT2D eigenvalue weighted by molar-refractivity contribution is 6.35. The first-order valence-corrected chi connectivity index (χ1v) is 11.1. The summed E-state index contributed by atoms with van der Waals surface area (Å²) in [4.78, 5) is 27.9. The molecule has 0 bridgehead atoms. The van der Waals surface area contributed by atoms with Crippen molar-refractivity contribution in [2.45, 2.75) is 59.5 Å². The Morgan fingerprint density at radius 3 is 2.40 bits per heavy atom. The molecule has 2 aromatic carbocycles. The second-order valence-corrected chi connectivity index (χ2v) is 8.42. The van der Waals surface area contributed by atoms with E-state index in [2.05, 4.69) is 5.32 Å². The molecular formula is C24H30Cl2N2O2. The maximum Gasteiger partial charge on any atom is 0.242 e. The molecule has 2 rings (SSSR count). The Morgan fingerprint density at radius 1 is 1.03 bits per heavy atom. The first-order chi connectivity index (χ1) is 14.3. The van der Waals surface area contributed by atoms with Crippen LogP contribution in [0, 0.1) is 13.8 Å². The summed E-state index contributed by atoms with van der Waals surface area (Å²) in [5.74, 6) is -0.244. The van der Waals surface area contributed by atoms with Gasteiger partial charge in [0.1, 0.15) is 6.04 Å². The number of hydrogen-bond acceptors (Lipinski definition) is 2. The van der Waals surface area contributed by atoms with Crippen LogP contribution in [0.5, 0.6) is 0 Å². The van der Waals surface area contributed by atoms with Gasteiger partial charge in [-0.15, -0.1) is 0 Å². The lowest BCUT2D eigenvalue weighted by molar-refractivity contribution is -0.140. The number of rotatable bonds is 9. The quantitative estimate of drug-likeness (QED) is 0.551. The normalized spacial score (nSPS) is 11.8. The van der Waals surface area contributed by atoms with E-state index in [1.165, 1.54) is 0 Å². The van der Waals surface area contributed by atoms with E-state index >= 15 is 0 Å². The summed E-state index contributed by atoms with van der Waals surface area (Å²) in [6.07, 6.45) is 1.58. The zero-order valence-corrected chi connectivity index (χ0v) is 19.6. The summed E-state index contributed by atoms with van der Waals surface area (Å²) in [5, 5.41) is 3.94. The van der Waals surface area contributed by atoms with Gasteiger partial charge < -0.3 is 10.2 Å². The lowest BCUT2D eigenvalue weighted by Gasteiger charge is -2.31. The van der Waals surface area contributed by atoms with Crippen molar-refractivity contribution in [1.29, 1.82) is 0 Å². The Balaban J connectivity index is 2.36. The molecule has 0 heterocycles. The lowest BCUT2D eigenvalue weighted by Crippen LogP contribution is -2.49. The number of nitrogens with one attached hydrogen (secondary N) is 1. The number of benzene rings is 2. The second-order valence-electron chi connectivity index (χ2n) is 7.58. The van der Waals surface area contributed by atoms with Crippen molar-refractivity contribution in [1.82, 2.24) is 10.2 Å². The van der Waals surface area contributed by atoms with Crippen LogP contribution < -0.4 is 5.32 Å². The smallest absolute Gasteiger partial charge is 0.242 e. The van der Waals surface area contributed by atoms with E-state index in [0.717, 1.165) is 28.7 Å². The number of amides is 2. The highest BCUT2D eigenvalue weighted by Crippen LogP contribution is 2.24. The molecule has 0 aliphatic heterocycles. The summed E-state index contributed by atoms with van der Waals surface area (Å²) in [6, 6.07) is 10.7. The molecule has 162 valence electrons. The Kier molecular flexibility index (Phi) is 9.19. The number of aryl methyl sites for hydroxylation is 2. The minimum absolute atomic E-state index is 0.104. The Labute approximate surface area is 189 Å². The monoisotopic (exact) mass is 448 g/mol. The molecular weight excluding hydrogens is 419 g/mol. The lowest BCUT2D eigenvalue weighted by atomic mass is 10.0. The van der Waals surface area contributed by atoms with Gasteiger partial charge in [-0.05, 0) is 55.5 Å². The molecule has 0 unspecified atom stereocenters. The average Bonchev–Trinajstić information content (AvgIpc) is 2.70. The summed E-state index contributed by atoms with van der Waals surface area (Å²) in [5.41, 5.74) is 3.89. The summed E-state index contributed by atoms with van der Waals surface area (Å²) in [6.45, 7) is 8.74. The van der Waals surface area contributed by atoms with Gasteiger partial charge in [-0.2, -0.15) is 0 Å². The number of nitrogens with zero attached hydrogens (tertiary/aromatic N) is 1. The van der Waals surface area contributed by atoms with E-state index in [1.807, 2.05) is 45.9 Å². The van der Waals surface area contributed by atoms with Gasteiger partial charge in [-0.25, -0.2) is 0 Å². The van der Waals surface area contributed by atoms with E-state index in [4.69, 9.17) is 23.2 Å². The molecule has 0 aliphatic carbocycles. The van der Waals surface area contributed by atoms with Crippen LogP contribution in [-0.4, -0.2) is 29.3 Å². The predicted molar refractivity (Wildman–Crippen MR) is 124 cm³/mol. The van der Waals surface area contributed by atoms with Crippen molar-refractivity contribution in [2.24, 2.45) is 0 Å². The molecule has 6 heteroatoms. The van der Waals surface area contributed by atoms with E-state index in [1.54, 1.807) is 23.1 Å². The van der Waals surface area contributed by atoms with Gasteiger partial charge in [0, 0.05) is 23.1 Å². The topological polar surface area (TPSA) is 49.4 Å². The molecule has 1 N–H and O–H groups in total. The van der Waals surface area contributed by atoms with Crippen LogP contribution in [0.15, 0.2) is 36.4 Å². The van der Waals surface area contributed by atoms with Gasteiger partial charge >= 0.3 is 0 Å². The molecule has 2 aromatic rings. The van der Waals surface area contributed by atoms with E-state index in [0.29, 0.717) is 23.0 Å². The zero-order valence-electron chi connectivity index (χ0n) is 18.1. The molecule has 1 atom stereocenters. The van der Waals surface area contributed by atoms with Crippen LogP contribution in [0.1, 0.15) is 48.9 Å². The highest BCUT2D eigenvalue weighted by atomic mass is 35.5. The average molecular weight is 449 g/mol. The van der Waals surface area contributed by atoms with Crippen LogP contribution in [-0.2, 0) is 22.6 Å². The number of hydrogen-bond donors (Lipinski definition) is 1. The number of carbonyl (C=O) groups excluding carboxylic acids is 2. The van der Waals surface area contributed by atoms with Crippen LogP contribution in [0.3, 0.4) is 0 Å². The predicted octanol–water partition coefficient (Wildman–Crippen LogP) is 5.49. The first kappa shape index (κ1) is 24.2. The fourth-order valence-electron chi connectivity index (χ4n) is 3.37. The minimum atomic E-state index is -0.569. The van der Waals surface area contributed by atoms with Crippen molar-refractivity contribution in [3.63, 3.8) is 0 Å². The van der Waals surface area contributed by atoms with Gasteiger partial charge in [0.25, 0.3) is 0 Å². The molecule has 4 nitrogen and oxygen atoms in total. The van der Waals surface area contributed by atoms with Crippen LogP contribution in [0.4, 0.5) is 0 Å². The maximum atomic E-state index is 13.4. The van der Waals surface area contributed by atoms with Gasteiger partial charge in [0.15, 0.2) is 0 Å². The molecule has 2 amide bonds. The third kappa shape index (κ3) is 6.48. The van der Waals surface area contributed by atoms with Crippen LogP contribution in [0.25, 0.3) is 0 Å². The standard InChI is InChI=1S/C24H30Cl2N2O2/c1-5-11-27-24(30)22(6-2)28(15-18-9-10-20(25)14-21(18)26)23(29)13-19-12-16(3)7-8-17(19)4/h7-10,12,14,22H,5-6,11,13,15H2,1-4H3,(H,27,30)/t22-/m1/s1. The van der Waals surface area contributed by atoms with E-state index in [9.17, 15) is 9.59 Å². The molecule has 0 fully saturated rings. The molecule has 0 saturated heterocycles. The van der Waals surface area contributed by atoms with Crippen LogP contribution in [0.2, 0.25) is 10.0 Å². The Hall–Kier alpha value is -2.04. The first-order valence-electron chi connectivity index (χ1n) is 10.3. The van der Waals surface area contributed by atoms with Crippen LogP contribution >= 0.6 is 23.2 Å². The van der Waals surface area contributed by atoms with Crippen molar-refractivity contribution in [3.05, 3.63) is 68.7 Å². The van der Waals surface area contributed by atoms with Gasteiger partial charge in [-0.3, -0.25) is 9.59 Å².